The zero-order valence-electron chi connectivity index (χ0n) is 7.05. The maximum atomic E-state index is 12.7. The molecule has 2 aromatic rings. The average molecular weight is 191 g/mol. The van der Waals surface area contributed by atoms with Crippen LogP contribution < -0.4 is 0 Å². The summed E-state index contributed by atoms with van der Waals surface area (Å²) in [6.07, 6.45) is 2.97. The third-order valence-corrected chi connectivity index (χ3v) is 1.78. The summed E-state index contributed by atoms with van der Waals surface area (Å²) < 4.78 is 12.7. The molecule has 4 nitrogen and oxygen atoms in total. The largest absolute Gasteiger partial charge is 0.505 e. The molecule has 0 aliphatic heterocycles. The summed E-state index contributed by atoms with van der Waals surface area (Å²) in [6, 6.07) is 4.03. The van der Waals surface area contributed by atoms with Crippen LogP contribution in [0.2, 0.25) is 0 Å². The first-order valence-electron chi connectivity index (χ1n) is 3.89. The minimum atomic E-state index is -0.649. The smallest absolute Gasteiger partial charge is 0.164 e. The van der Waals surface area contributed by atoms with E-state index in [0.29, 0.717) is 11.1 Å². The number of benzene rings is 1. The van der Waals surface area contributed by atoms with Crippen molar-refractivity contribution in [3.8, 4) is 16.9 Å². The monoisotopic (exact) mass is 191 g/mol. The van der Waals surface area contributed by atoms with Crippen molar-refractivity contribution in [1.29, 1.82) is 0 Å². The fraction of sp³-hybridized carbons (Fsp3) is 0. The predicted molar refractivity (Wildman–Crippen MR) is 46.9 cm³/mol. The number of phenolic OH excluding ortho intramolecular Hbond substituents is 1. The molecule has 0 atom stereocenters. The molecule has 0 radical (unpaired) electrons. The first-order chi connectivity index (χ1) is 6.77. The van der Waals surface area contributed by atoms with Gasteiger partial charge in [0, 0.05) is 5.56 Å². The Kier molecular flexibility index (Phi) is 2.06. The molecule has 1 aromatic carbocycles. The predicted octanol–water partition coefficient (Wildman–Crippen LogP) is 1.38. The van der Waals surface area contributed by atoms with Crippen LogP contribution in [-0.2, 0) is 0 Å². The topological polar surface area (TPSA) is 58.9 Å². The molecule has 2 rings (SSSR count). The van der Waals surface area contributed by atoms with Crippen LogP contribution >= 0.6 is 0 Å². The lowest BCUT2D eigenvalue weighted by Crippen LogP contribution is -1.87. The van der Waals surface area contributed by atoms with Crippen LogP contribution in [0.3, 0.4) is 0 Å². The number of nitrogens with zero attached hydrogens (tertiary/aromatic N) is 3. The third kappa shape index (κ3) is 1.52. The molecule has 1 heterocycles. The molecule has 0 aliphatic rings. The molecule has 1 aromatic heterocycles. The Balaban J connectivity index is 2.48. The van der Waals surface area contributed by atoms with Crippen LogP contribution in [0.5, 0.6) is 5.75 Å². The lowest BCUT2D eigenvalue weighted by atomic mass is 10.1. The van der Waals surface area contributed by atoms with Gasteiger partial charge in [-0.25, -0.2) is 4.39 Å². The van der Waals surface area contributed by atoms with Gasteiger partial charge >= 0.3 is 0 Å². The average Bonchev–Trinajstić information content (AvgIpc) is 2.23. The van der Waals surface area contributed by atoms with Crippen LogP contribution in [0, 0.1) is 5.82 Å². The first-order valence-corrected chi connectivity index (χ1v) is 3.89. The Labute approximate surface area is 79.0 Å². The highest BCUT2D eigenvalue weighted by atomic mass is 19.1. The minimum Gasteiger partial charge on any atom is -0.505 e. The van der Waals surface area contributed by atoms with Crippen molar-refractivity contribution >= 4 is 0 Å². The Morgan fingerprint density at radius 3 is 2.43 bits per heavy atom. The van der Waals surface area contributed by atoms with Crippen molar-refractivity contribution < 1.29 is 9.50 Å². The third-order valence-electron chi connectivity index (χ3n) is 1.78. The van der Waals surface area contributed by atoms with Gasteiger partial charge < -0.3 is 5.11 Å². The lowest BCUT2D eigenvalue weighted by Gasteiger charge is -2.00. The van der Waals surface area contributed by atoms with E-state index < -0.39 is 5.82 Å². The number of aromatic hydroxyl groups is 1. The molecule has 0 unspecified atom stereocenters. The second kappa shape index (κ2) is 3.37. The summed E-state index contributed by atoms with van der Waals surface area (Å²) in [4.78, 5) is 0. The van der Waals surface area contributed by atoms with Crippen LogP contribution in [0.4, 0.5) is 4.39 Å². The molecular formula is C9H6FN3O. The van der Waals surface area contributed by atoms with Crippen molar-refractivity contribution in [2.45, 2.75) is 0 Å². The number of halogens is 1. The van der Waals surface area contributed by atoms with Gasteiger partial charge in [-0.1, -0.05) is 6.07 Å². The second-order valence-electron chi connectivity index (χ2n) is 2.70. The zero-order valence-corrected chi connectivity index (χ0v) is 7.05. The molecule has 0 amide bonds. The van der Waals surface area contributed by atoms with Crippen LogP contribution in [0.1, 0.15) is 0 Å². The summed E-state index contributed by atoms with van der Waals surface area (Å²) in [7, 11) is 0. The van der Waals surface area contributed by atoms with Gasteiger partial charge in [-0.2, -0.15) is 0 Å². The molecule has 0 fully saturated rings. The Hall–Kier alpha value is -2.04. The quantitative estimate of drug-likeness (QED) is 0.739. The number of hydrogen-bond acceptors (Lipinski definition) is 4. The first kappa shape index (κ1) is 8.55. The summed E-state index contributed by atoms with van der Waals surface area (Å²) >= 11 is 0. The molecule has 0 bridgehead atoms. The molecule has 5 heteroatoms. The van der Waals surface area contributed by atoms with Gasteiger partial charge in [0.1, 0.15) is 0 Å². The van der Waals surface area contributed by atoms with Crippen LogP contribution in [0.25, 0.3) is 11.1 Å². The van der Waals surface area contributed by atoms with Crippen molar-refractivity contribution in [1.82, 2.24) is 15.4 Å². The second-order valence-corrected chi connectivity index (χ2v) is 2.70. The minimum absolute atomic E-state index is 0.390. The fourth-order valence-electron chi connectivity index (χ4n) is 1.08. The highest BCUT2D eigenvalue weighted by Gasteiger charge is 2.03. The number of aromatic nitrogens is 3. The zero-order chi connectivity index (χ0) is 9.97. The van der Waals surface area contributed by atoms with Crippen molar-refractivity contribution in [3.63, 3.8) is 0 Å². The van der Waals surface area contributed by atoms with Crippen LogP contribution in [0.15, 0.2) is 30.6 Å². The van der Waals surface area contributed by atoms with E-state index in [-0.39, 0.29) is 5.75 Å². The Bertz CT molecular complexity index is 447. The summed E-state index contributed by atoms with van der Waals surface area (Å²) in [5, 5.41) is 19.7. The number of rotatable bonds is 1. The van der Waals surface area contributed by atoms with Gasteiger partial charge in [0.2, 0.25) is 0 Å². The molecule has 1 N–H and O–H groups in total. The summed E-state index contributed by atoms with van der Waals surface area (Å²) in [6.45, 7) is 0. The van der Waals surface area contributed by atoms with Crippen molar-refractivity contribution in [3.05, 3.63) is 36.4 Å². The van der Waals surface area contributed by atoms with Gasteiger partial charge in [0.15, 0.2) is 11.6 Å². The highest BCUT2D eigenvalue weighted by Crippen LogP contribution is 2.23. The van der Waals surface area contributed by atoms with Crippen molar-refractivity contribution in [2.24, 2.45) is 0 Å². The van der Waals surface area contributed by atoms with E-state index in [1.165, 1.54) is 30.6 Å². The van der Waals surface area contributed by atoms with E-state index in [1.807, 2.05) is 0 Å². The van der Waals surface area contributed by atoms with E-state index in [4.69, 9.17) is 5.11 Å². The van der Waals surface area contributed by atoms with E-state index in [0.717, 1.165) is 0 Å². The summed E-state index contributed by atoms with van der Waals surface area (Å²) in [5.41, 5.74) is 1.32. The molecule has 0 saturated heterocycles. The van der Waals surface area contributed by atoms with Gasteiger partial charge in [-0.15, -0.1) is 10.2 Å². The SMILES string of the molecule is Oc1cc(-c2cnnnc2)ccc1F. The molecule has 70 valence electrons. The van der Waals surface area contributed by atoms with E-state index in [2.05, 4.69) is 15.4 Å². The van der Waals surface area contributed by atoms with Gasteiger partial charge in [0.05, 0.1) is 12.4 Å². The Morgan fingerprint density at radius 2 is 1.79 bits per heavy atom. The molecule has 14 heavy (non-hydrogen) atoms. The van der Waals surface area contributed by atoms with Gasteiger partial charge in [-0.3, -0.25) is 0 Å². The highest BCUT2D eigenvalue weighted by molar-refractivity contribution is 5.62. The van der Waals surface area contributed by atoms with E-state index in [1.54, 1.807) is 0 Å². The number of hydrogen-bond donors (Lipinski definition) is 1. The van der Waals surface area contributed by atoms with Gasteiger partial charge in [0.25, 0.3) is 0 Å². The lowest BCUT2D eigenvalue weighted by molar-refractivity contribution is 0.433. The van der Waals surface area contributed by atoms with Crippen molar-refractivity contribution in [2.75, 3.05) is 0 Å². The maximum absolute atomic E-state index is 12.7. The Morgan fingerprint density at radius 1 is 1.07 bits per heavy atom. The fourth-order valence-corrected chi connectivity index (χ4v) is 1.08. The van der Waals surface area contributed by atoms with Gasteiger partial charge in [-0.05, 0) is 22.9 Å². The summed E-state index contributed by atoms with van der Waals surface area (Å²) in [5.74, 6) is -1.04. The standard InChI is InChI=1S/C9H6FN3O/c10-8-2-1-6(3-9(8)14)7-4-11-13-12-5-7/h1-5,14H. The normalized spacial score (nSPS) is 10.1. The van der Waals surface area contributed by atoms with Crippen LogP contribution in [-0.4, -0.2) is 20.5 Å². The molecule has 0 spiro atoms. The maximum Gasteiger partial charge on any atom is 0.164 e. The molecule has 0 saturated carbocycles. The van der Waals surface area contributed by atoms with E-state index in [9.17, 15) is 4.39 Å². The molecule has 0 aliphatic carbocycles. The number of phenols is 1. The van der Waals surface area contributed by atoms with E-state index >= 15 is 0 Å². The molecular weight excluding hydrogens is 185 g/mol.